The molecule has 0 spiro atoms. The van der Waals surface area contributed by atoms with Crippen molar-refractivity contribution >= 4 is 27.0 Å². The predicted molar refractivity (Wildman–Crippen MR) is 65.3 cm³/mol. The van der Waals surface area contributed by atoms with Gasteiger partial charge in [-0.1, -0.05) is 22.9 Å². The van der Waals surface area contributed by atoms with Gasteiger partial charge >= 0.3 is 0 Å². The van der Waals surface area contributed by atoms with Gasteiger partial charge in [0.15, 0.2) is 11.5 Å². The number of aromatic nitrogens is 1. The first-order valence-electron chi connectivity index (χ1n) is 5.11. The fourth-order valence-corrected chi connectivity index (χ4v) is 2.22. The van der Waals surface area contributed by atoms with Crippen LogP contribution in [-0.2, 0) is 6.42 Å². The summed E-state index contributed by atoms with van der Waals surface area (Å²) >= 11 is 3.59. The van der Waals surface area contributed by atoms with Gasteiger partial charge in [0.2, 0.25) is 0 Å². The maximum absolute atomic E-state index is 5.72. The van der Waals surface area contributed by atoms with Crippen LogP contribution in [0.3, 0.4) is 0 Å². The summed E-state index contributed by atoms with van der Waals surface area (Å²) in [6, 6.07) is 0. The molecule has 2 nitrogen and oxygen atoms in total. The van der Waals surface area contributed by atoms with Gasteiger partial charge in [-0.25, -0.2) is 4.98 Å². The highest BCUT2D eigenvalue weighted by molar-refractivity contribution is 9.10. The first kappa shape index (κ1) is 10.7. The lowest BCUT2D eigenvalue weighted by molar-refractivity contribution is 0.536. The number of hydrogen-bond donors (Lipinski definition) is 0. The average molecular weight is 268 g/mol. The molecule has 0 saturated carbocycles. The Morgan fingerprint density at radius 1 is 1.13 bits per heavy atom. The average Bonchev–Trinajstić information content (AvgIpc) is 2.67. The van der Waals surface area contributed by atoms with Crippen molar-refractivity contribution in [2.24, 2.45) is 0 Å². The molecule has 2 rings (SSSR count). The molecule has 1 heterocycles. The third kappa shape index (κ3) is 1.49. The zero-order valence-corrected chi connectivity index (χ0v) is 11.0. The Labute approximate surface area is 97.8 Å². The van der Waals surface area contributed by atoms with Crippen LogP contribution in [0.25, 0.3) is 11.1 Å². The van der Waals surface area contributed by atoms with Crippen molar-refractivity contribution in [3.63, 3.8) is 0 Å². The number of nitrogens with zero attached hydrogens (tertiary/aromatic N) is 1. The number of fused-ring (bicyclic) bond motifs is 1. The molecule has 1 aromatic heterocycles. The minimum atomic E-state index is 0.814. The standard InChI is InChI=1S/C12H14BrNO/c1-5-9-14-11-7(3)6(2)10(13)8(4)12(11)15-9/h5H2,1-4H3. The number of benzene rings is 1. The SMILES string of the molecule is CCc1nc2c(C)c(C)c(Br)c(C)c2o1. The van der Waals surface area contributed by atoms with Gasteiger partial charge in [-0.05, 0) is 31.9 Å². The van der Waals surface area contributed by atoms with Gasteiger partial charge in [0, 0.05) is 16.5 Å². The van der Waals surface area contributed by atoms with E-state index in [0.29, 0.717) is 0 Å². The number of halogens is 1. The lowest BCUT2D eigenvalue weighted by Gasteiger charge is -2.06. The zero-order valence-electron chi connectivity index (χ0n) is 9.44. The van der Waals surface area contributed by atoms with Gasteiger partial charge in [-0.15, -0.1) is 0 Å². The Morgan fingerprint density at radius 2 is 1.80 bits per heavy atom. The van der Waals surface area contributed by atoms with Crippen molar-refractivity contribution in [3.8, 4) is 0 Å². The Bertz CT molecular complexity index is 483. The maximum atomic E-state index is 5.72. The van der Waals surface area contributed by atoms with Crippen LogP contribution in [-0.4, -0.2) is 4.98 Å². The molecule has 1 aromatic carbocycles. The third-order valence-corrected chi connectivity index (χ3v) is 4.08. The summed E-state index contributed by atoms with van der Waals surface area (Å²) in [7, 11) is 0. The van der Waals surface area contributed by atoms with Gasteiger partial charge in [0.1, 0.15) is 5.52 Å². The molecule has 80 valence electrons. The second-order valence-corrected chi connectivity index (χ2v) is 4.62. The molecule has 0 saturated heterocycles. The van der Waals surface area contributed by atoms with Crippen LogP contribution in [0, 0.1) is 20.8 Å². The smallest absolute Gasteiger partial charge is 0.195 e. The van der Waals surface area contributed by atoms with Crippen molar-refractivity contribution in [2.45, 2.75) is 34.1 Å². The van der Waals surface area contributed by atoms with Crippen LogP contribution in [0.4, 0.5) is 0 Å². The van der Waals surface area contributed by atoms with Gasteiger partial charge in [-0.3, -0.25) is 0 Å². The fourth-order valence-electron chi connectivity index (χ4n) is 1.75. The second-order valence-electron chi connectivity index (χ2n) is 3.83. The van der Waals surface area contributed by atoms with Gasteiger partial charge < -0.3 is 4.42 Å². The van der Waals surface area contributed by atoms with E-state index in [4.69, 9.17) is 4.42 Å². The van der Waals surface area contributed by atoms with Crippen molar-refractivity contribution < 1.29 is 4.42 Å². The van der Waals surface area contributed by atoms with E-state index in [0.717, 1.165) is 33.4 Å². The minimum absolute atomic E-state index is 0.814. The highest BCUT2D eigenvalue weighted by Gasteiger charge is 2.15. The van der Waals surface area contributed by atoms with Gasteiger partial charge in [-0.2, -0.15) is 0 Å². The summed E-state index contributed by atoms with van der Waals surface area (Å²) in [6.07, 6.45) is 0.838. The monoisotopic (exact) mass is 267 g/mol. The Hall–Kier alpha value is -0.830. The van der Waals surface area contributed by atoms with Crippen LogP contribution in [0.15, 0.2) is 8.89 Å². The lowest BCUT2D eigenvalue weighted by Crippen LogP contribution is -1.89. The van der Waals surface area contributed by atoms with Gasteiger partial charge in [0.25, 0.3) is 0 Å². The topological polar surface area (TPSA) is 26.0 Å². The number of hydrogen-bond acceptors (Lipinski definition) is 2. The first-order valence-corrected chi connectivity index (χ1v) is 5.90. The molecule has 0 fully saturated rings. The molecule has 0 unspecified atom stereocenters. The molecule has 0 radical (unpaired) electrons. The zero-order chi connectivity index (χ0) is 11.2. The molecule has 0 bridgehead atoms. The molecule has 0 amide bonds. The van der Waals surface area contributed by atoms with Crippen LogP contribution in [0.2, 0.25) is 0 Å². The molecular weight excluding hydrogens is 254 g/mol. The van der Waals surface area contributed by atoms with E-state index >= 15 is 0 Å². The number of oxazole rings is 1. The van der Waals surface area contributed by atoms with Crippen molar-refractivity contribution in [3.05, 3.63) is 27.1 Å². The van der Waals surface area contributed by atoms with E-state index < -0.39 is 0 Å². The van der Waals surface area contributed by atoms with Crippen LogP contribution in [0.5, 0.6) is 0 Å². The summed E-state index contributed by atoms with van der Waals surface area (Å²) < 4.78 is 6.85. The van der Waals surface area contributed by atoms with Crippen molar-refractivity contribution in [1.29, 1.82) is 0 Å². The molecule has 0 N–H and O–H groups in total. The quantitative estimate of drug-likeness (QED) is 0.778. The molecule has 0 atom stereocenters. The Kier molecular flexibility index (Phi) is 2.59. The van der Waals surface area contributed by atoms with E-state index in [-0.39, 0.29) is 0 Å². The molecular formula is C12H14BrNO. The van der Waals surface area contributed by atoms with E-state index in [1.807, 2.05) is 0 Å². The van der Waals surface area contributed by atoms with E-state index in [9.17, 15) is 0 Å². The van der Waals surface area contributed by atoms with Crippen LogP contribution < -0.4 is 0 Å². The third-order valence-electron chi connectivity index (χ3n) is 2.89. The van der Waals surface area contributed by atoms with E-state index in [2.05, 4.69) is 48.6 Å². The molecule has 2 aromatic rings. The van der Waals surface area contributed by atoms with Crippen molar-refractivity contribution in [2.75, 3.05) is 0 Å². The maximum Gasteiger partial charge on any atom is 0.195 e. The van der Waals surface area contributed by atoms with Crippen LogP contribution >= 0.6 is 15.9 Å². The summed E-state index contributed by atoms with van der Waals surface area (Å²) in [5.41, 5.74) is 5.51. The Morgan fingerprint density at radius 3 is 2.40 bits per heavy atom. The largest absolute Gasteiger partial charge is 0.440 e. The summed E-state index contributed by atoms with van der Waals surface area (Å²) in [6.45, 7) is 8.30. The lowest BCUT2D eigenvalue weighted by atomic mass is 10.1. The Balaban J connectivity index is 2.90. The number of aryl methyl sites for hydroxylation is 3. The van der Waals surface area contributed by atoms with Gasteiger partial charge in [0.05, 0.1) is 0 Å². The predicted octanol–water partition coefficient (Wildman–Crippen LogP) is 4.08. The van der Waals surface area contributed by atoms with E-state index in [1.54, 1.807) is 0 Å². The summed E-state index contributed by atoms with van der Waals surface area (Å²) in [5.74, 6) is 0.814. The minimum Gasteiger partial charge on any atom is -0.440 e. The normalized spacial score (nSPS) is 11.3. The molecule has 0 aliphatic heterocycles. The first-order chi connectivity index (χ1) is 7.06. The van der Waals surface area contributed by atoms with Crippen molar-refractivity contribution in [1.82, 2.24) is 4.98 Å². The summed E-state index contributed by atoms with van der Waals surface area (Å²) in [5, 5.41) is 0. The molecule has 3 heteroatoms. The fraction of sp³-hybridized carbons (Fsp3) is 0.417. The van der Waals surface area contributed by atoms with Crippen LogP contribution in [0.1, 0.15) is 29.5 Å². The molecule has 0 aliphatic rings. The molecule has 0 aliphatic carbocycles. The second kappa shape index (κ2) is 3.63. The number of rotatable bonds is 1. The molecule has 15 heavy (non-hydrogen) atoms. The summed E-state index contributed by atoms with van der Waals surface area (Å²) in [4.78, 5) is 4.51. The highest BCUT2D eigenvalue weighted by Crippen LogP contribution is 2.33. The highest BCUT2D eigenvalue weighted by atomic mass is 79.9. The van der Waals surface area contributed by atoms with E-state index in [1.165, 1.54) is 11.1 Å².